The van der Waals surface area contributed by atoms with E-state index >= 15 is 0 Å². The van der Waals surface area contributed by atoms with Gasteiger partial charge < -0.3 is 15.4 Å². The van der Waals surface area contributed by atoms with Crippen LogP contribution in [0.5, 0.6) is 5.75 Å². The lowest BCUT2D eigenvalue weighted by Crippen LogP contribution is -2.30. The molecule has 0 heterocycles. The van der Waals surface area contributed by atoms with E-state index in [1.54, 1.807) is 19.2 Å². The largest absolute Gasteiger partial charge is 0.496 e. The van der Waals surface area contributed by atoms with Crippen LogP contribution in [-0.4, -0.2) is 17.1 Å². The summed E-state index contributed by atoms with van der Waals surface area (Å²) < 4.78 is 6.08. The topological polar surface area (TPSA) is 76.4 Å². The second-order valence-electron chi connectivity index (χ2n) is 5.02. The maximum Gasteiger partial charge on any atom is 0.269 e. The Morgan fingerprint density at radius 1 is 1.29 bits per heavy atom. The molecule has 0 aliphatic heterocycles. The third kappa shape index (κ3) is 4.65. The van der Waals surface area contributed by atoms with Crippen molar-refractivity contribution in [2.45, 2.75) is 13.0 Å². The predicted molar refractivity (Wildman–Crippen MR) is 102 cm³/mol. The van der Waals surface area contributed by atoms with Gasteiger partial charge in [-0.25, -0.2) is 0 Å². The molecule has 6 nitrogen and oxygen atoms in total. The Morgan fingerprint density at radius 3 is 2.50 bits per heavy atom. The first-order valence-corrected chi connectivity index (χ1v) is 8.26. The predicted octanol–water partition coefficient (Wildman–Crippen LogP) is 4.41. The number of nitrogens with zero attached hydrogens (tertiary/aromatic N) is 1. The maximum absolute atomic E-state index is 10.6. The molecule has 0 fully saturated rings. The zero-order valence-corrected chi connectivity index (χ0v) is 15.5. The molecule has 0 spiro atoms. The Balaban J connectivity index is 1.98. The van der Waals surface area contributed by atoms with E-state index < -0.39 is 4.92 Å². The van der Waals surface area contributed by atoms with Gasteiger partial charge in [-0.1, -0.05) is 6.07 Å². The molecule has 0 aromatic heterocycles. The van der Waals surface area contributed by atoms with E-state index in [2.05, 4.69) is 26.6 Å². The molecular weight excluding hydrogens is 394 g/mol. The number of halogens is 1. The molecule has 2 aromatic carbocycles. The first-order chi connectivity index (χ1) is 11.4. The standard InChI is InChI=1S/C16H16BrN3O3S/c1-10(11-3-8-15(23-2)14(17)9-11)18-16(24)19-12-4-6-13(7-5-12)20(21)22/h3-10H,1-2H3,(H2,18,19,24)/t10-/m1/s1. The van der Waals surface area contributed by atoms with Crippen LogP contribution >= 0.6 is 28.1 Å². The first kappa shape index (κ1) is 18.2. The average Bonchev–Trinajstić information content (AvgIpc) is 2.55. The van der Waals surface area contributed by atoms with E-state index in [9.17, 15) is 10.1 Å². The first-order valence-electron chi connectivity index (χ1n) is 7.06. The van der Waals surface area contributed by atoms with Crippen LogP contribution in [0.3, 0.4) is 0 Å². The van der Waals surface area contributed by atoms with Crippen molar-refractivity contribution in [2.75, 3.05) is 12.4 Å². The normalized spacial score (nSPS) is 11.5. The molecule has 0 saturated carbocycles. The van der Waals surface area contributed by atoms with Gasteiger partial charge in [0.05, 0.1) is 22.5 Å². The number of thiocarbonyl (C=S) groups is 1. The Kier molecular flexibility index (Phi) is 6.10. The fourth-order valence-corrected chi connectivity index (χ4v) is 2.92. The Bertz CT molecular complexity index is 753. The number of nitrogens with one attached hydrogen (secondary N) is 2. The third-order valence-corrected chi connectivity index (χ3v) is 4.20. The van der Waals surface area contributed by atoms with Gasteiger partial charge in [0.1, 0.15) is 5.75 Å². The number of non-ortho nitro benzene ring substituents is 1. The number of anilines is 1. The van der Waals surface area contributed by atoms with Crippen LogP contribution in [-0.2, 0) is 0 Å². The summed E-state index contributed by atoms with van der Waals surface area (Å²) in [7, 11) is 1.62. The number of hydrogen-bond acceptors (Lipinski definition) is 4. The molecule has 8 heteroatoms. The van der Waals surface area contributed by atoms with Crippen LogP contribution in [0.4, 0.5) is 11.4 Å². The lowest BCUT2D eigenvalue weighted by molar-refractivity contribution is -0.384. The maximum atomic E-state index is 10.6. The van der Waals surface area contributed by atoms with Crippen LogP contribution < -0.4 is 15.4 Å². The van der Waals surface area contributed by atoms with Gasteiger partial charge in [0, 0.05) is 17.8 Å². The highest BCUT2D eigenvalue weighted by atomic mass is 79.9. The molecule has 2 aromatic rings. The van der Waals surface area contributed by atoms with Gasteiger partial charge in [-0.05, 0) is 64.9 Å². The van der Waals surface area contributed by atoms with Gasteiger partial charge >= 0.3 is 0 Å². The van der Waals surface area contributed by atoms with E-state index in [0.717, 1.165) is 15.8 Å². The summed E-state index contributed by atoms with van der Waals surface area (Å²) in [5, 5.41) is 17.3. The highest BCUT2D eigenvalue weighted by Gasteiger charge is 2.10. The Hall–Kier alpha value is -2.19. The van der Waals surface area contributed by atoms with Crippen LogP contribution in [0.25, 0.3) is 0 Å². The third-order valence-electron chi connectivity index (χ3n) is 3.36. The number of rotatable bonds is 5. The molecule has 0 saturated heterocycles. The highest BCUT2D eigenvalue weighted by molar-refractivity contribution is 9.10. The van der Waals surface area contributed by atoms with Crippen LogP contribution in [0, 0.1) is 10.1 Å². The smallest absolute Gasteiger partial charge is 0.269 e. The monoisotopic (exact) mass is 409 g/mol. The molecule has 0 aliphatic carbocycles. The summed E-state index contributed by atoms with van der Waals surface area (Å²) in [6.45, 7) is 1.98. The summed E-state index contributed by atoms with van der Waals surface area (Å²) in [5.41, 5.74) is 1.76. The summed E-state index contributed by atoms with van der Waals surface area (Å²) in [6.07, 6.45) is 0. The van der Waals surface area contributed by atoms with Crippen molar-refractivity contribution in [3.63, 3.8) is 0 Å². The number of hydrogen-bond donors (Lipinski definition) is 2. The van der Waals surface area contributed by atoms with Crippen LogP contribution in [0.2, 0.25) is 0 Å². The minimum atomic E-state index is -0.441. The van der Waals surface area contributed by atoms with Gasteiger partial charge in [-0.15, -0.1) is 0 Å². The second kappa shape index (κ2) is 8.07. The number of nitro benzene ring substituents is 1. The SMILES string of the molecule is COc1ccc([C@@H](C)NC(=S)Nc2ccc([N+](=O)[O-])cc2)cc1Br. The van der Waals surface area contributed by atoms with E-state index in [1.165, 1.54) is 12.1 Å². The molecule has 0 unspecified atom stereocenters. The number of methoxy groups -OCH3 is 1. The van der Waals surface area contributed by atoms with E-state index in [-0.39, 0.29) is 11.7 Å². The minimum absolute atomic E-state index is 0.0229. The number of benzene rings is 2. The fraction of sp³-hybridized carbons (Fsp3) is 0.188. The van der Waals surface area contributed by atoms with Gasteiger partial charge in [-0.2, -0.15) is 0 Å². The average molecular weight is 410 g/mol. The van der Waals surface area contributed by atoms with Crippen molar-refractivity contribution in [1.82, 2.24) is 5.32 Å². The van der Waals surface area contributed by atoms with E-state index in [1.807, 2.05) is 25.1 Å². The molecule has 0 aliphatic rings. The fourth-order valence-electron chi connectivity index (χ4n) is 2.07. The number of nitro groups is 1. The van der Waals surface area contributed by atoms with Crippen molar-refractivity contribution in [3.8, 4) is 5.75 Å². The molecule has 2 rings (SSSR count). The summed E-state index contributed by atoms with van der Waals surface area (Å²) in [6, 6.07) is 11.8. The van der Waals surface area contributed by atoms with Crippen molar-refractivity contribution in [1.29, 1.82) is 0 Å². The van der Waals surface area contributed by atoms with Crippen LogP contribution in [0.15, 0.2) is 46.9 Å². The van der Waals surface area contributed by atoms with Crippen molar-refractivity contribution >= 4 is 44.6 Å². The second-order valence-corrected chi connectivity index (χ2v) is 6.28. The molecular formula is C16H16BrN3O3S. The molecule has 2 N–H and O–H groups in total. The van der Waals surface area contributed by atoms with Crippen LogP contribution in [0.1, 0.15) is 18.5 Å². The quantitative estimate of drug-likeness (QED) is 0.432. The Labute approximate surface area is 153 Å². The molecule has 24 heavy (non-hydrogen) atoms. The highest BCUT2D eigenvalue weighted by Crippen LogP contribution is 2.28. The van der Waals surface area contributed by atoms with E-state index in [0.29, 0.717) is 10.8 Å². The van der Waals surface area contributed by atoms with E-state index in [4.69, 9.17) is 17.0 Å². The molecule has 0 radical (unpaired) electrons. The zero-order chi connectivity index (χ0) is 17.7. The summed E-state index contributed by atoms with van der Waals surface area (Å²) in [4.78, 5) is 10.2. The van der Waals surface area contributed by atoms with Crippen molar-refractivity contribution in [2.24, 2.45) is 0 Å². The van der Waals surface area contributed by atoms with Gasteiger partial charge in [-0.3, -0.25) is 10.1 Å². The number of ether oxygens (including phenoxy) is 1. The van der Waals surface area contributed by atoms with Gasteiger partial charge in [0.25, 0.3) is 5.69 Å². The van der Waals surface area contributed by atoms with Gasteiger partial charge in [0.15, 0.2) is 5.11 Å². The molecule has 0 bridgehead atoms. The zero-order valence-electron chi connectivity index (χ0n) is 13.1. The minimum Gasteiger partial charge on any atom is -0.496 e. The van der Waals surface area contributed by atoms with Crippen molar-refractivity contribution in [3.05, 3.63) is 62.6 Å². The molecule has 0 amide bonds. The Morgan fingerprint density at radius 2 is 1.96 bits per heavy atom. The molecule has 1 atom stereocenters. The summed E-state index contributed by atoms with van der Waals surface area (Å²) in [5.74, 6) is 0.762. The van der Waals surface area contributed by atoms with Crippen molar-refractivity contribution < 1.29 is 9.66 Å². The lowest BCUT2D eigenvalue weighted by atomic mass is 10.1. The lowest BCUT2D eigenvalue weighted by Gasteiger charge is -2.18. The molecule has 126 valence electrons. The summed E-state index contributed by atoms with van der Waals surface area (Å²) >= 11 is 8.74. The van der Waals surface area contributed by atoms with Gasteiger partial charge in [0.2, 0.25) is 0 Å².